The van der Waals surface area contributed by atoms with Gasteiger partial charge in [0.25, 0.3) is 0 Å². The van der Waals surface area contributed by atoms with Gasteiger partial charge in [-0.05, 0) is 5.92 Å². The first-order valence-electron chi connectivity index (χ1n) is 5.40. The van der Waals surface area contributed by atoms with Gasteiger partial charge in [0.1, 0.15) is 0 Å². The van der Waals surface area contributed by atoms with Gasteiger partial charge in [-0.15, -0.1) is 0 Å². The van der Waals surface area contributed by atoms with Crippen LogP contribution in [-0.2, 0) is 19.9 Å². The van der Waals surface area contributed by atoms with E-state index in [1.165, 1.54) is 0 Å². The number of halogens is 1. The van der Waals surface area contributed by atoms with E-state index >= 15 is 0 Å². The minimum atomic E-state index is -3.75. The fourth-order valence-electron chi connectivity index (χ4n) is 1.50. The van der Waals surface area contributed by atoms with Crippen LogP contribution in [0.15, 0.2) is 0 Å². The summed E-state index contributed by atoms with van der Waals surface area (Å²) < 4.78 is 47.0. The second kappa shape index (κ2) is 7.06. The van der Waals surface area contributed by atoms with Crippen LogP contribution in [0.4, 0.5) is 0 Å². The normalized spacial score (nSPS) is 15.1. The van der Waals surface area contributed by atoms with Gasteiger partial charge in [0.2, 0.25) is 10.0 Å². The highest BCUT2D eigenvalue weighted by Gasteiger charge is 2.21. The minimum Gasteiger partial charge on any atom is -0.228 e. The predicted molar refractivity (Wildman–Crippen MR) is 73.4 cm³/mol. The Morgan fingerprint density at radius 3 is 1.94 bits per heavy atom. The summed E-state index contributed by atoms with van der Waals surface area (Å²) in [5, 5.41) is -0.858. The summed E-state index contributed by atoms with van der Waals surface area (Å²) in [6.45, 7) is 4.28. The molecule has 0 radical (unpaired) electrons. The molecule has 0 aliphatic rings. The molecule has 0 fully saturated rings. The Morgan fingerprint density at radius 2 is 1.59 bits per heavy atom. The van der Waals surface area contributed by atoms with E-state index < -0.39 is 24.9 Å². The number of hydrogen-bond acceptors (Lipinski definition) is 4. The Kier molecular flexibility index (Phi) is 7.20. The number of hydrogen-bond donors (Lipinski definition) is 1. The zero-order valence-electron chi connectivity index (χ0n) is 10.3. The third kappa shape index (κ3) is 8.12. The molecule has 0 bridgehead atoms. The van der Waals surface area contributed by atoms with Gasteiger partial charge in [0.15, 0.2) is 14.9 Å². The average molecular weight is 350 g/mol. The fraction of sp³-hybridized carbons (Fsp3) is 1.00. The topological polar surface area (TPSA) is 80.3 Å². The highest BCUT2D eigenvalue weighted by atomic mass is 79.9. The van der Waals surface area contributed by atoms with Gasteiger partial charge in [0.05, 0.1) is 0 Å². The van der Waals surface area contributed by atoms with E-state index in [4.69, 9.17) is 0 Å². The maximum Gasteiger partial charge on any atom is 0.226 e. The molecule has 0 amide bonds. The summed E-state index contributed by atoms with van der Waals surface area (Å²) in [6.07, 6.45) is 2.79. The lowest BCUT2D eigenvalue weighted by molar-refractivity contribution is 0.471. The van der Waals surface area contributed by atoms with Crippen LogP contribution in [0.25, 0.3) is 0 Å². The van der Waals surface area contributed by atoms with Gasteiger partial charge in [-0.2, -0.15) is 0 Å². The molecule has 1 unspecified atom stereocenters. The van der Waals surface area contributed by atoms with E-state index in [0.717, 1.165) is 19.1 Å². The van der Waals surface area contributed by atoms with Crippen LogP contribution in [-0.4, -0.2) is 39.5 Å². The molecule has 0 aromatic heterocycles. The van der Waals surface area contributed by atoms with Crippen molar-refractivity contribution in [3.63, 3.8) is 0 Å². The van der Waals surface area contributed by atoms with Crippen LogP contribution in [0.1, 0.15) is 26.7 Å². The summed E-state index contributed by atoms with van der Waals surface area (Å²) in [5.41, 5.74) is 0. The summed E-state index contributed by atoms with van der Waals surface area (Å²) in [6, 6.07) is 0. The van der Waals surface area contributed by atoms with E-state index in [1.807, 2.05) is 13.8 Å². The molecule has 104 valence electrons. The molecule has 0 aromatic rings. The maximum absolute atomic E-state index is 11.4. The van der Waals surface area contributed by atoms with Gasteiger partial charge < -0.3 is 0 Å². The van der Waals surface area contributed by atoms with Gasteiger partial charge in [0, 0.05) is 17.6 Å². The third-order valence-corrected chi connectivity index (χ3v) is 7.06. The van der Waals surface area contributed by atoms with E-state index in [9.17, 15) is 16.8 Å². The molecule has 0 aliphatic heterocycles. The molecule has 1 N–H and O–H groups in total. The molecule has 8 heteroatoms. The quantitative estimate of drug-likeness (QED) is 0.665. The number of rotatable bonds is 8. The van der Waals surface area contributed by atoms with E-state index in [0.29, 0.717) is 5.92 Å². The number of sulfonamides is 1. The highest BCUT2D eigenvalue weighted by molar-refractivity contribution is 9.09. The lowest BCUT2D eigenvalue weighted by atomic mass is 10.00. The number of sulfone groups is 1. The first-order valence-corrected chi connectivity index (χ1v) is 10.0. The third-order valence-electron chi connectivity index (χ3n) is 2.43. The predicted octanol–water partition coefficient (Wildman–Crippen LogP) is 1.11. The molecule has 0 spiro atoms. The average Bonchev–Trinajstić information content (AvgIpc) is 2.13. The molecule has 0 heterocycles. The van der Waals surface area contributed by atoms with E-state index in [2.05, 4.69) is 20.7 Å². The second-order valence-corrected chi connectivity index (χ2v) is 9.59. The van der Waals surface area contributed by atoms with Crippen molar-refractivity contribution in [2.24, 2.45) is 5.92 Å². The van der Waals surface area contributed by atoms with Crippen LogP contribution >= 0.6 is 15.9 Å². The van der Waals surface area contributed by atoms with Crippen molar-refractivity contribution in [3.05, 3.63) is 0 Å². The van der Waals surface area contributed by atoms with E-state index in [1.54, 1.807) is 0 Å². The van der Waals surface area contributed by atoms with Gasteiger partial charge in [-0.25, -0.2) is 21.6 Å². The van der Waals surface area contributed by atoms with Gasteiger partial charge >= 0.3 is 0 Å². The van der Waals surface area contributed by atoms with Crippen molar-refractivity contribution < 1.29 is 16.8 Å². The Balaban J connectivity index is 4.37. The standard InChI is InChI=1S/C9H20BrNO4S2/c1-4-8(5-2)9(10)6-11-17(14,15)7-16(3,12)13/h8-9,11H,4-7H2,1-3H3. The maximum atomic E-state index is 11.4. The zero-order valence-corrected chi connectivity index (χ0v) is 13.5. The molecule has 5 nitrogen and oxygen atoms in total. The van der Waals surface area contributed by atoms with Crippen molar-refractivity contribution in [3.8, 4) is 0 Å². The zero-order chi connectivity index (χ0) is 13.7. The Labute approximate surface area is 112 Å². The SMILES string of the molecule is CCC(CC)C(Br)CNS(=O)(=O)CS(C)(=O)=O. The van der Waals surface area contributed by atoms with Crippen LogP contribution in [0.2, 0.25) is 0 Å². The molecule has 0 saturated heterocycles. The van der Waals surface area contributed by atoms with Crippen LogP contribution < -0.4 is 4.72 Å². The molecule has 1 atom stereocenters. The van der Waals surface area contributed by atoms with Crippen molar-refractivity contribution in [2.75, 3.05) is 17.9 Å². The smallest absolute Gasteiger partial charge is 0.226 e. The molecular formula is C9H20BrNO4S2. The van der Waals surface area contributed by atoms with Crippen LogP contribution in [0, 0.1) is 5.92 Å². The van der Waals surface area contributed by atoms with Gasteiger partial charge in [-0.3, -0.25) is 0 Å². The number of alkyl halides is 1. The van der Waals surface area contributed by atoms with Crippen molar-refractivity contribution >= 4 is 35.8 Å². The monoisotopic (exact) mass is 349 g/mol. The highest BCUT2D eigenvalue weighted by Crippen LogP contribution is 2.19. The Hall–Kier alpha value is 0.340. The van der Waals surface area contributed by atoms with Gasteiger partial charge in [-0.1, -0.05) is 42.6 Å². The Morgan fingerprint density at radius 1 is 1.12 bits per heavy atom. The second-order valence-electron chi connectivity index (χ2n) is 4.10. The largest absolute Gasteiger partial charge is 0.228 e. The molecule has 0 aliphatic carbocycles. The first kappa shape index (κ1) is 17.3. The summed E-state index contributed by atoms with van der Waals surface area (Å²) in [4.78, 5) is 0.0202. The molecular weight excluding hydrogens is 330 g/mol. The van der Waals surface area contributed by atoms with Crippen molar-refractivity contribution in [2.45, 2.75) is 31.5 Å². The van der Waals surface area contributed by atoms with Crippen molar-refractivity contribution in [1.29, 1.82) is 0 Å². The molecule has 17 heavy (non-hydrogen) atoms. The molecule has 0 aromatic carbocycles. The van der Waals surface area contributed by atoms with E-state index in [-0.39, 0.29) is 11.4 Å². The van der Waals surface area contributed by atoms with Crippen LogP contribution in [0.3, 0.4) is 0 Å². The first-order chi connectivity index (χ1) is 7.61. The molecule has 0 saturated carbocycles. The number of nitrogens with one attached hydrogen (secondary N) is 1. The lowest BCUT2D eigenvalue weighted by Crippen LogP contribution is -2.36. The lowest BCUT2D eigenvalue weighted by Gasteiger charge is -2.19. The fourth-order valence-corrected chi connectivity index (χ4v) is 5.64. The Bertz CT molecular complexity index is 414. The van der Waals surface area contributed by atoms with Crippen molar-refractivity contribution in [1.82, 2.24) is 4.72 Å². The molecule has 0 rings (SSSR count). The van der Waals surface area contributed by atoms with Crippen LogP contribution in [0.5, 0.6) is 0 Å². The summed E-state index contributed by atoms with van der Waals surface area (Å²) >= 11 is 3.42. The summed E-state index contributed by atoms with van der Waals surface area (Å²) in [5.74, 6) is 0.371. The minimum absolute atomic E-state index is 0.0202. The summed E-state index contributed by atoms with van der Waals surface area (Å²) in [7, 11) is -7.28.